The number of ether oxygens (including phenoxy) is 1. The molecule has 3 rings (SSSR count). The van der Waals surface area contributed by atoms with Crippen molar-refractivity contribution in [3.8, 4) is 0 Å². The Morgan fingerprint density at radius 2 is 2.03 bits per heavy atom. The first-order valence-corrected chi connectivity index (χ1v) is 9.91. The summed E-state index contributed by atoms with van der Waals surface area (Å²) < 4.78 is 4.75. The van der Waals surface area contributed by atoms with Crippen LogP contribution < -0.4 is 10.6 Å². The number of non-ortho nitro benzene ring substituents is 1. The molecule has 0 fully saturated rings. The van der Waals surface area contributed by atoms with E-state index in [-0.39, 0.29) is 33.7 Å². The predicted octanol–water partition coefficient (Wildman–Crippen LogP) is 3.05. The van der Waals surface area contributed by atoms with Gasteiger partial charge in [0.15, 0.2) is 0 Å². The number of carbonyl (C=O) groups excluding carboxylic acids is 3. The van der Waals surface area contributed by atoms with Gasteiger partial charge in [0.05, 0.1) is 34.7 Å². The van der Waals surface area contributed by atoms with E-state index < -0.39 is 16.9 Å². The summed E-state index contributed by atoms with van der Waals surface area (Å²) in [6.45, 7) is 0.606. The fraction of sp³-hybridized carbons (Fsp3) is 0.278. The van der Waals surface area contributed by atoms with E-state index in [1.807, 2.05) is 0 Å². The molecule has 0 spiro atoms. The van der Waals surface area contributed by atoms with Crippen LogP contribution in [0.3, 0.4) is 0 Å². The molecule has 1 aliphatic heterocycles. The number of carbonyl (C=O) groups is 3. The number of benzene rings is 1. The van der Waals surface area contributed by atoms with E-state index in [4.69, 9.17) is 16.3 Å². The summed E-state index contributed by atoms with van der Waals surface area (Å²) in [5.41, 5.74) is 0.670. The molecule has 0 bridgehead atoms. The van der Waals surface area contributed by atoms with Crippen LogP contribution in [0, 0.1) is 10.1 Å². The molecule has 0 saturated carbocycles. The molecule has 2 heterocycles. The molecule has 3 amide bonds. The maximum Gasteiger partial charge on any atom is 0.409 e. The van der Waals surface area contributed by atoms with Gasteiger partial charge < -0.3 is 20.3 Å². The Bertz CT molecular complexity index is 1050. The van der Waals surface area contributed by atoms with Crippen LogP contribution in [0.5, 0.6) is 0 Å². The summed E-state index contributed by atoms with van der Waals surface area (Å²) in [7, 11) is 2.76. The molecule has 2 N–H and O–H groups in total. The fourth-order valence-corrected chi connectivity index (χ4v) is 4.57. The molecule has 0 radical (unpaired) electrons. The zero-order chi connectivity index (χ0) is 22.0. The number of amides is 3. The van der Waals surface area contributed by atoms with Crippen molar-refractivity contribution in [2.24, 2.45) is 0 Å². The summed E-state index contributed by atoms with van der Waals surface area (Å²) in [6, 6.07) is 3.53. The Morgan fingerprint density at radius 3 is 2.67 bits per heavy atom. The van der Waals surface area contributed by atoms with Crippen LogP contribution in [0.25, 0.3) is 0 Å². The van der Waals surface area contributed by atoms with Crippen molar-refractivity contribution in [3.63, 3.8) is 0 Å². The predicted molar refractivity (Wildman–Crippen MR) is 110 cm³/mol. The molecular weight excluding hydrogens is 436 g/mol. The number of methoxy groups -OCH3 is 1. The average molecular weight is 453 g/mol. The van der Waals surface area contributed by atoms with Gasteiger partial charge in [0.1, 0.15) is 5.00 Å². The van der Waals surface area contributed by atoms with Crippen molar-refractivity contribution in [3.05, 3.63) is 54.9 Å². The number of halogens is 1. The number of anilines is 1. The van der Waals surface area contributed by atoms with Gasteiger partial charge in [-0.3, -0.25) is 19.7 Å². The normalized spacial score (nSPS) is 12.7. The minimum Gasteiger partial charge on any atom is -0.453 e. The second kappa shape index (κ2) is 8.67. The highest BCUT2D eigenvalue weighted by molar-refractivity contribution is 7.17. The standard InChI is InChI=1S/C18H17ClN4O6S/c1-20-16(25)14-10-5-6-22(18(26)29-2)8-13(10)30-17(14)21-15(24)11-7-9(23(27)28)3-4-12(11)19/h3-4,7H,5-6,8H2,1-2H3,(H,20,25)(H,21,24). The number of rotatable bonds is 4. The molecule has 10 nitrogen and oxygen atoms in total. The van der Waals surface area contributed by atoms with Crippen LogP contribution in [-0.2, 0) is 17.7 Å². The van der Waals surface area contributed by atoms with Crippen molar-refractivity contribution in [1.82, 2.24) is 10.2 Å². The molecular formula is C18H17ClN4O6S. The third-order valence-corrected chi connectivity index (χ3v) is 6.04. The van der Waals surface area contributed by atoms with Gasteiger partial charge in [-0.15, -0.1) is 11.3 Å². The topological polar surface area (TPSA) is 131 Å². The molecule has 30 heavy (non-hydrogen) atoms. The molecule has 0 atom stereocenters. The summed E-state index contributed by atoms with van der Waals surface area (Å²) in [5, 5.41) is 16.5. The minimum atomic E-state index is -0.683. The maximum atomic E-state index is 12.8. The number of hydrogen-bond acceptors (Lipinski definition) is 7. The number of nitro benzene ring substituents is 1. The van der Waals surface area contributed by atoms with Gasteiger partial charge in [-0.05, 0) is 18.1 Å². The number of fused-ring (bicyclic) bond motifs is 1. The van der Waals surface area contributed by atoms with E-state index in [1.165, 1.54) is 31.2 Å². The van der Waals surface area contributed by atoms with Gasteiger partial charge >= 0.3 is 6.09 Å². The highest BCUT2D eigenvalue weighted by Gasteiger charge is 2.30. The largest absolute Gasteiger partial charge is 0.453 e. The van der Waals surface area contributed by atoms with E-state index in [2.05, 4.69) is 10.6 Å². The van der Waals surface area contributed by atoms with Crippen molar-refractivity contribution in [2.45, 2.75) is 13.0 Å². The molecule has 0 unspecified atom stereocenters. The third kappa shape index (κ3) is 4.07. The Morgan fingerprint density at radius 1 is 1.30 bits per heavy atom. The number of nitro groups is 1. The van der Waals surface area contributed by atoms with Crippen molar-refractivity contribution in [1.29, 1.82) is 0 Å². The molecule has 12 heteroatoms. The van der Waals surface area contributed by atoms with E-state index in [0.29, 0.717) is 18.5 Å². The molecule has 0 saturated heterocycles. The second-order valence-electron chi connectivity index (χ2n) is 6.30. The van der Waals surface area contributed by atoms with Crippen molar-refractivity contribution >= 4 is 51.5 Å². The summed E-state index contributed by atoms with van der Waals surface area (Å²) in [5.74, 6) is -1.07. The van der Waals surface area contributed by atoms with Gasteiger partial charge in [-0.1, -0.05) is 11.6 Å². The average Bonchev–Trinajstić information content (AvgIpc) is 3.09. The molecule has 1 aromatic heterocycles. The van der Waals surface area contributed by atoms with E-state index in [0.717, 1.165) is 27.8 Å². The smallest absolute Gasteiger partial charge is 0.409 e. The Hall–Kier alpha value is -3.18. The van der Waals surface area contributed by atoms with Gasteiger partial charge in [0, 0.05) is 30.6 Å². The molecule has 1 aliphatic rings. The third-order valence-electron chi connectivity index (χ3n) is 4.58. The summed E-state index contributed by atoms with van der Waals surface area (Å²) in [4.78, 5) is 49.7. The molecule has 158 valence electrons. The molecule has 2 aromatic rings. The van der Waals surface area contributed by atoms with Crippen LogP contribution in [0.1, 0.15) is 31.2 Å². The monoisotopic (exact) mass is 452 g/mol. The Labute approximate surface area is 179 Å². The highest BCUT2D eigenvalue weighted by atomic mass is 35.5. The number of thiophene rings is 1. The Balaban J connectivity index is 1.97. The number of hydrogen-bond donors (Lipinski definition) is 2. The number of nitrogens with zero attached hydrogens (tertiary/aromatic N) is 2. The summed E-state index contributed by atoms with van der Waals surface area (Å²) in [6.07, 6.45) is -0.0681. The van der Waals surface area contributed by atoms with E-state index in [9.17, 15) is 24.5 Å². The van der Waals surface area contributed by atoms with Gasteiger partial charge in [0.2, 0.25) is 0 Å². The summed E-state index contributed by atoms with van der Waals surface area (Å²) >= 11 is 7.20. The van der Waals surface area contributed by atoms with Crippen LogP contribution in [0.4, 0.5) is 15.5 Å². The Kier molecular flexibility index (Phi) is 6.22. The van der Waals surface area contributed by atoms with E-state index in [1.54, 1.807) is 0 Å². The van der Waals surface area contributed by atoms with Crippen molar-refractivity contribution < 1.29 is 24.0 Å². The lowest BCUT2D eigenvalue weighted by molar-refractivity contribution is -0.384. The first kappa shape index (κ1) is 21.5. The van der Waals surface area contributed by atoms with Crippen molar-refractivity contribution in [2.75, 3.05) is 26.0 Å². The molecule has 1 aromatic carbocycles. The van der Waals surface area contributed by atoms with Gasteiger partial charge in [0.25, 0.3) is 17.5 Å². The quantitative estimate of drug-likeness (QED) is 0.541. The van der Waals surface area contributed by atoms with Gasteiger partial charge in [-0.2, -0.15) is 0 Å². The van der Waals surface area contributed by atoms with E-state index >= 15 is 0 Å². The van der Waals surface area contributed by atoms with Crippen LogP contribution in [-0.4, -0.2) is 48.4 Å². The first-order valence-electron chi connectivity index (χ1n) is 8.71. The number of nitrogens with one attached hydrogen (secondary N) is 2. The molecule has 0 aliphatic carbocycles. The van der Waals surface area contributed by atoms with Crippen LogP contribution in [0.15, 0.2) is 18.2 Å². The van der Waals surface area contributed by atoms with Crippen LogP contribution >= 0.6 is 22.9 Å². The minimum absolute atomic E-state index is 0.0396. The fourth-order valence-electron chi connectivity index (χ4n) is 3.11. The SMILES string of the molecule is CNC(=O)c1c(NC(=O)c2cc([N+](=O)[O-])ccc2Cl)sc2c1CCN(C(=O)OC)C2. The zero-order valence-electron chi connectivity index (χ0n) is 16.0. The maximum absolute atomic E-state index is 12.8. The zero-order valence-corrected chi connectivity index (χ0v) is 17.6. The van der Waals surface area contributed by atoms with Gasteiger partial charge in [-0.25, -0.2) is 4.79 Å². The first-order chi connectivity index (χ1) is 14.3. The highest BCUT2D eigenvalue weighted by Crippen LogP contribution is 2.38. The second-order valence-corrected chi connectivity index (χ2v) is 7.82. The van der Waals surface area contributed by atoms with Crippen LogP contribution in [0.2, 0.25) is 5.02 Å². The lowest BCUT2D eigenvalue weighted by Gasteiger charge is -2.25. The lowest BCUT2D eigenvalue weighted by Crippen LogP contribution is -2.35. The lowest BCUT2D eigenvalue weighted by atomic mass is 10.0.